The molecule has 2 N–H and O–H groups in total. The Morgan fingerprint density at radius 2 is 1.88 bits per heavy atom. The monoisotopic (exact) mass is 324 g/mol. The summed E-state index contributed by atoms with van der Waals surface area (Å²) < 4.78 is 5.93. The Balaban J connectivity index is 1.64. The molecule has 3 rings (SSSR count). The molecule has 24 heavy (non-hydrogen) atoms. The van der Waals surface area contributed by atoms with Gasteiger partial charge in [0.2, 0.25) is 0 Å². The van der Waals surface area contributed by atoms with Gasteiger partial charge in [0.15, 0.2) is 0 Å². The van der Waals surface area contributed by atoms with Gasteiger partial charge < -0.3 is 15.4 Å². The van der Waals surface area contributed by atoms with E-state index in [1.165, 1.54) is 12.8 Å². The van der Waals surface area contributed by atoms with Gasteiger partial charge in [0, 0.05) is 6.04 Å². The molecule has 4 nitrogen and oxygen atoms in total. The van der Waals surface area contributed by atoms with Gasteiger partial charge in [-0.15, -0.1) is 0 Å². The number of hydrogen-bond acceptors (Lipinski definition) is 2. The minimum atomic E-state index is -0.157. The van der Waals surface area contributed by atoms with Crippen LogP contribution in [0.2, 0.25) is 0 Å². The number of aryl methyl sites for hydroxylation is 1. The van der Waals surface area contributed by atoms with Gasteiger partial charge in [-0.05, 0) is 43.0 Å². The molecule has 0 bridgehead atoms. The highest BCUT2D eigenvalue weighted by molar-refractivity contribution is 5.91. The lowest BCUT2D eigenvalue weighted by Gasteiger charge is -2.16. The molecular formula is C20H24N2O2. The minimum absolute atomic E-state index is 0.157. The molecule has 0 radical (unpaired) electrons. The molecule has 0 spiro atoms. The Labute approximate surface area is 143 Å². The van der Waals surface area contributed by atoms with E-state index < -0.39 is 0 Å². The number of nitrogens with one attached hydrogen (secondary N) is 2. The molecule has 0 heterocycles. The number of ether oxygens (including phenoxy) is 1. The predicted octanol–water partition coefficient (Wildman–Crippen LogP) is 4.64. The third-order valence-electron chi connectivity index (χ3n) is 4.31. The fourth-order valence-corrected chi connectivity index (χ4v) is 3.00. The van der Waals surface area contributed by atoms with Gasteiger partial charge in [-0.25, -0.2) is 4.79 Å². The first-order valence-corrected chi connectivity index (χ1v) is 8.55. The van der Waals surface area contributed by atoms with Crippen LogP contribution < -0.4 is 15.4 Å². The molecule has 0 aliphatic heterocycles. The molecule has 4 heteroatoms. The third kappa shape index (κ3) is 4.51. The molecule has 2 aromatic carbocycles. The summed E-state index contributed by atoms with van der Waals surface area (Å²) in [4.78, 5) is 12.2. The van der Waals surface area contributed by atoms with Crippen molar-refractivity contribution in [2.75, 3.05) is 5.32 Å². The molecule has 0 unspecified atom stereocenters. The van der Waals surface area contributed by atoms with Crippen LogP contribution in [0.3, 0.4) is 0 Å². The SMILES string of the molecule is Cc1ccc(NC(=O)NC2CCCC2)c(OCc2ccccc2)c1. The van der Waals surface area contributed by atoms with E-state index in [0.29, 0.717) is 24.1 Å². The van der Waals surface area contributed by atoms with Crippen LogP contribution >= 0.6 is 0 Å². The molecule has 0 saturated heterocycles. The predicted molar refractivity (Wildman–Crippen MR) is 96.4 cm³/mol. The Morgan fingerprint density at radius 3 is 2.62 bits per heavy atom. The highest BCUT2D eigenvalue weighted by atomic mass is 16.5. The highest BCUT2D eigenvalue weighted by Gasteiger charge is 2.17. The number of amides is 2. The van der Waals surface area contributed by atoms with Crippen LogP contribution in [-0.2, 0) is 6.61 Å². The zero-order chi connectivity index (χ0) is 16.8. The van der Waals surface area contributed by atoms with E-state index in [9.17, 15) is 4.79 Å². The van der Waals surface area contributed by atoms with Crippen molar-refractivity contribution in [2.24, 2.45) is 0 Å². The van der Waals surface area contributed by atoms with E-state index in [-0.39, 0.29) is 6.03 Å². The van der Waals surface area contributed by atoms with Crippen molar-refractivity contribution < 1.29 is 9.53 Å². The Hall–Kier alpha value is -2.49. The van der Waals surface area contributed by atoms with Crippen molar-refractivity contribution in [3.63, 3.8) is 0 Å². The normalized spacial score (nSPS) is 14.4. The van der Waals surface area contributed by atoms with Crippen molar-refractivity contribution >= 4 is 11.7 Å². The maximum atomic E-state index is 12.2. The van der Waals surface area contributed by atoms with Gasteiger partial charge in [0.1, 0.15) is 12.4 Å². The van der Waals surface area contributed by atoms with Crippen LogP contribution in [0.1, 0.15) is 36.8 Å². The average Bonchev–Trinajstić information content (AvgIpc) is 3.09. The van der Waals surface area contributed by atoms with Crippen molar-refractivity contribution in [3.05, 3.63) is 59.7 Å². The number of hydrogen-bond donors (Lipinski definition) is 2. The van der Waals surface area contributed by atoms with Gasteiger partial charge in [0.25, 0.3) is 0 Å². The lowest BCUT2D eigenvalue weighted by atomic mass is 10.2. The quantitative estimate of drug-likeness (QED) is 0.842. The first-order valence-electron chi connectivity index (χ1n) is 8.55. The lowest BCUT2D eigenvalue weighted by Crippen LogP contribution is -2.36. The van der Waals surface area contributed by atoms with E-state index in [1.807, 2.05) is 55.5 Å². The summed E-state index contributed by atoms with van der Waals surface area (Å²) in [5.41, 5.74) is 2.90. The van der Waals surface area contributed by atoms with Crippen molar-refractivity contribution in [2.45, 2.75) is 45.3 Å². The van der Waals surface area contributed by atoms with Crippen LogP contribution in [0.25, 0.3) is 0 Å². The molecule has 126 valence electrons. The van der Waals surface area contributed by atoms with Gasteiger partial charge in [-0.3, -0.25) is 0 Å². The number of urea groups is 1. The smallest absolute Gasteiger partial charge is 0.319 e. The van der Waals surface area contributed by atoms with Crippen molar-refractivity contribution in [1.29, 1.82) is 0 Å². The second-order valence-corrected chi connectivity index (χ2v) is 6.35. The van der Waals surface area contributed by atoms with Crippen LogP contribution in [0, 0.1) is 6.92 Å². The van der Waals surface area contributed by atoms with E-state index >= 15 is 0 Å². The number of carbonyl (C=O) groups is 1. The Bertz CT molecular complexity index is 679. The third-order valence-corrected chi connectivity index (χ3v) is 4.31. The second kappa shape index (κ2) is 7.86. The molecule has 2 amide bonds. The number of anilines is 1. The van der Waals surface area contributed by atoms with Gasteiger partial charge in [-0.2, -0.15) is 0 Å². The first-order chi connectivity index (χ1) is 11.7. The summed E-state index contributed by atoms with van der Waals surface area (Å²) in [6, 6.07) is 16.0. The van der Waals surface area contributed by atoms with Crippen LogP contribution in [0.15, 0.2) is 48.5 Å². The standard InChI is InChI=1S/C20H24N2O2/c1-15-11-12-18(22-20(23)21-17-9-5-6-10-17)19(13-15)24-14-16-7-3-2-4-8-16/h2-4,7-8,11-13,17H,5-6,9-10,14H2,1H3,(H2,21,22,23). The Morgan fingerprint density at radius 1 is 1.12 bits per heavy atom. The maximum absolute atomic E-state index is 12.2. The molecule has 1 aliphatic carbocycles. The maximum Gasteiger partial charge on any atom is 0.319 e. The summed E-state index contributed by atoms with van der Waals surface area (Å²) in [5.74, 6) is 0.695. The highest BCUT2D eigenvalue weighted by Crippen LogP contribution is 2.27. The molecule has 1 saturated carbocycles. The van der Waals surface area contributed by atoms with Crippen LogP contribution in [-0.4, -0.2) is 12.1 Å². The van der Waals surface area contributed by atoms with E-state index in [4.69, 9.17) is 4.74 Å². The number of benzene rings is 2. The summed E-state index contributed by atoms with van der Waals surface area (Å²) in [6.07, 6.45) is 4.53. The number of carbonyl (C=O) groups excluding carboxylic acids is 1. The Kier molecular flexibility index (Phi) is 5.36. The molecule has 0 atom stereocenters. The second-order valence-electron chi connectivity index (χ2n) is 6.35. The van der Waals surface area contributed by atoms with Crippen molar-refractivity contribution in [1.82, 2.24) is 5.32 Å². The average molecular weight is 324 g/mol. The fourth-order valence-electron chi connectivity index (χ4n) is 3.00. The summed E-state index contributed by atoms with van der Waals surface area (Å²) in [7, 11) is 0. The summed E-state index contributed by atoms with van der Waals surface area (Å²) in [5, 5.41) is 5.96. The number of rotatable bonds is 5. The lowest BCUT2D eigenvalue weighted by molar-refractivity contribution is 0.248. The largest absolute Gasteiger partial charge is 0.487 e. The molecule has 0 aromatic heterocycles. The molecule has 1 aliphatic rings. The zero-order valence-corrected chi connectivity index (χ0v) is 14.0. The summed E-state index contributed by atoms with van der Waals surface area (Å²) in [6.45, 7) is 2.49. The van der Waals surface area contributed by atoms with E-state index in [0.717, 1.165) is 24.0 Å². The topological polar surface area (TPSA) is 50.4 Å². The van der Waals surface area contributed by atoms with Gasteiger partial charge in [-0.1, -0.05) is 49.2 Å². The van der Waals surface area contributed by atoms with Crippen LogP contribution in [0.5, 0.6) is 5.75 Å². The molecule has 1 fully saturated rings. The van der Waals surface area contributed by atoms with Crippen molar-refractivity contribution in [3.8, 4) is 5.75 Å². The zero-order valence-electron chi connectivity index (χ0n) is 14.0. The minimum Gasteiger partial charge on any atom is -0.487 e. The first kappa shape index (κ1) is 16.4. The summed E-state index contributed by atoms with van der Waals surface area (Å²) >= 11 is 0. The van der Waals surface area contributed by atoms with Crippen LogP contribution in [0.4, 0.5) is 10.5 Å². The van der Waals surface area contributed by atoms with Gasteiger partial charge >= 0.3 is 6.03 Å². The van der Waals surface area contributed by atoms with E-state index in [1.54, 1.807) is 0 Å². The van der Waals surface area contributed by atoms with E-state index in [2.05, 4.69) is 10.6 Å². The van der Waals surface area contributed by atoms with Gasteiger partial charge in [0.05, 0.1) is 5.69 Å². The fraction of sp³-hybridized carbons (Fsp3) is 0.350. The molecule has 2 aromatic rings. The molecular weight excluding hydrogens is 300 g/mol.